The van der Waals surface area contributed by atoms with Gasteiger partial charge in [0.05, 0.1) is 0 Å². The Bertz CT molecular complexity index is 542. The highest BCUT2D eigenvalue weighted by atomic mass is 19.1. The molecule has 0 aliphatic carbocycles. The lowest BCUT2D eigenvalue weighted by molar-refractivity contribution is 0.294. The number of nitrogens with zero attached hydrogens (tertiary/aromatic N) is 1. The molecule has 4 heteroatoms. The summed E-state index contributed by atoms with van der Waals surface area (Å²) in [7, 11) is 0. The van der Waals surface area contributed by atoms with Crippen LogP contribution in [0.4, 0.5) is 4.39 Å². The third-order valence-electron chi connectivity index (χ3n) is 2.35. The Labute approximate surface area is 91.5 Å². The molecule has 0 N–H and O–H groups in total. The zero-order valence-corrected chi connectivity index (χ0v) is 8.31. The van der Waals surface area contributed by atoms with Crippen LogP contribution in [0.15, 0.2) is 36.5 Å². The molecule has 0 fully saturated rings. The number of rotatable bonds is 0. The summed E-state index contributed by atoms with van der Waals surface area (Å²) >= 11 is 0. The summed E-state index contributed by atoms with van der Waals surface area (Å²) in [5.74, 6) is 1.09. The van der Waals surface area contributed by atoms with E-state index in [1.165, 1.54) is 12.1 Å². The van der Waals surface area contributed by atoms with Gasteiger partial charge in [0, 0.05) is 17.8 Å². The van der Waals surface area contributed by atoms with E-state index in [1.807, 2.05) is 0 Å². The molecule has 3 rings (SSSR count). The van der Waals surface area contributed by atoms with E-state index in [0.717, 1.165) is 5.56 Å². The van der Waals surface area contributed by atoms with Gasteiger partial charge in [-0.15, -0.1) is 0 Å². The van der Waals surface area contributed by atoms with Crippen molar-refractivity contribution in [2.45, 2.75) is 6.61 Å². The van der Waals surface area contributed by atoms with Crippen LogP contribution in [0, 0.1) is 5.82 Å². The summed E-state index contributed by atoms with van der Waals surface area (Å²) in [6.07, 6.45) is 1.62. The van der Waals surface area contributed by atoms with E-state index in [-0.39, 0.29) is 5.82 Å². The minimum atomic E-state index is -0.328. The highest BCUT2D eigenvalue weighted by Gasteiger charge is 2.16. The van der Waals surface area contributed by atoms with E-state index in [4.69, 9.17) is 9.47 Å². The summed E-state index contributed by atoms with van der Waals surface area (Å²) < 4.78 is 24.1. The molecule has 0 saturated carbocycles. The molecule has 0 unspecified atom stereocenters. The highest BCUT2D eigenvalue weighted by molar-refractivity contribution is 5.43. The molecule has 16 heavy (non-hydrogen) atoms. The summed E-state index contributed by atoms with van der Waals surface area (Å²) in [6, 6.07) is 7.86. The Morgan fingerprint density at radius 2 is 2.12 bits per heavy atom. The highest BCUT2D eigenvalue weighted by Crippen LogP contribution is 2.35. The number of hydrogen-bond donors (Lipinski definition) is 0. The van der Waals surface area contributed by atoms with Crippen LogP contribution in [0.5, 0.6) is 17.4 Å². The standard InChI is InChI=1S/C12H8FNO2/c13-9-4-3-8-7-15-12-10(2-1-5-14-12)16-11(8)6-9/h1-6H,7H2. The average Bonchev–Trinajstić information content (AvgIpc) is 2.47. The Balaban J connectivity index is 2.10. The van der Waals surface area contributed by atoms with Crippen LogP contribution in [-0.2, 0) is 6.61 Å². The summed E-state index contributed by atoms with van der Waals surface area (Å²) in [5, 5.41) is 0. The predicted molar refractivity (Wildman–Crippen MR) is 55.0 cm³/mol. The molecule has 0 saturated heterocycles. The molecule has 1 aliphatic rings. The van der Waals surface area contributed by atoms with Gasteiger partial charge in [-0.1, -0.05) is 0 Å². The predicted octanol–water partition coefficient (Wildman–Crippen LogP) is 2.91. The van der Waals surface area contributed by atoms with Crippen LogP contribution in [0.25, 0.3) is 0 Å². The summed E-state index contributed by atoms with van der Waals surface area (Å²) in [4.78, 5) is 4.04. The van der Waals surface area contributed by atoms with Gasteiger partial charge in [0.15, 0.2) is 5.75 Å². The van der Waals surface area contributed by atoms with Gasteiger partial charge in [-0.05, 0) is 24.3 Å². The Kier molecular flexibility index (Phi) is 1.99. The van der Waals surface area contributed by atoms with Gasteiger partial charge in [0.1, 0.15) is 18.2 Å². The van der Waals surface area contributed by atoms with E-state index in [0.29, 0.717) is 24.0 Å². The van der Waals surface area contributed by atoms with Crippen LogP contribution >= 0.6 is 0 Å². The molecule has 1 aromatic carbocycles. The molecule has 0 radical (unpaired) electrons. The second-order valence-electron chi connectivity index (χ2n) is 3.45. The number of fused-ring (bicyclic) bond motifs is 2. The molecule has 2 heterocycles. The van der Waals surface area contributed by atoms with Crippen molar-refractivity contribution in [1.82, 2.24) is 4.98 Å². The number of benzene rings is 1. The number of hydrogen-bond acceptors (Lipinski definition) is 3. The van der Waals surface area contributed by atoms with Crippen LogP contribution in [0.2, 0.25) is 0 Å². The van der Waals surface area contributed by atoms with Gasteiger partial charge < -0.3 is 9.47 Å². The zero-order valence-electron chi connectivity index (χ0n) is 8.31. The number of halogens is 1. The first kappa shape index (κ1) is 9.15. The molecule has 1 aromatic heterocycles. The Morgan fingerprint density at radius 3 is 3.06 bits per heavy atom. The fourth-order valence-electron chi connectivity index (χ4n) is 1.57. The average molecular weight is 217 g/mol. The first-order chi connectivity index (χ1) is 7.83. The molecule has 0 spiro atoms. The minimum Gasteiger partial charge on any atom is -0.470 e. The molecule has 0 atom stereocenters. The molecule has 3 nitrogen and oxygen atoms in total. The van der Waals surface area contributed by atoms with Crippen LogP contribution in [-0.4, -0.2) is 4.98 Å². The summed E-state index contributed by atoms with van der Waals surface area (Å²) in [6.45, 7) is 0.333. The van der Waals surface area contributed by atoms with Crippen molar-refractivity contribution in [2.75, 3.05) is 0 Å². The molecule has 0 bridgehead atoms. The van der Waals surface area contributed by atoms with E-state index in [2.05, 4.69) is 4.98 Å². The molecule has 80 valence electrons. The normalized spacial score (nSPS) is 12.8. The van der Waals surface area contributed by atoms with Crippen molar-refractivity contribution in [2.24, 2.45) is 0 Å². The monoisotopic (exact) mass is 217 g/mol. The quantitative estimate of drug-likeness (QED) is 0.679. The number of pyridine rings is 1. The maximum atomic E-state index is 13.1. The van der Waals surface area contributed by atoms with Crippen LogP contribution < -0.4 is 9.47 Å². The van der Waals surface area contributed by atoms with E-state index >= 15 is 0 Å². The van der Waals surface area contributed by atoms with Crippen molar-refractivity contribution in [3.8, 4) is 17.4 Å². The topological polar surface area (TPSA) is 31.4 Å². The molecular weight excluding hydrogens is 209 g/mol. The largest absolute Gasteiger partial charge is 0.470 e. The van der Waals surface area contributed by atoms with E-state index in [9.17, 15) is 4.39 Å². The van der Waals surface area contributed by atoms with Crippen molar-refractivity contribution in [3.63, 3.8) is 0 Å². The Morgan fingerprint density at radius 1 is 1.19 bits per heavy atom. The van der Waals surface area contributed by atoms with Gasteiger partial charge >= 0.3 is 0 Å². The van der Waals surface area contributed by atoms with Gasteiger partial charge in [-0.25, -0.2) is 9.37 Å². The lowest BCUT2D eigenvalue weighted by Crippen LogP contribution is -1.94. The maximum Gasteiger partial charge on any atom is 0.257 e. The fraction of sp³-hybridized carbons (Fsp3) is 0.0833. The van der Waals surface area contributed by atoms with Gasteiger partial charge in [0.2, 0.25) is 0 Å². The number of aromatic nitrogens is 1. The number of ether oxygens (including phenoxy) is 2. The Hall–Kier alpha value is -2.10. The first-order valence-corrected chi connectivity index (χ1v) is 4.87. The second kappa shape index (κ2) is 3.48. The smallest absolute Gasteiger partial charge is 0.257 e. The van der Waals surface area contributed by atoms with Crippen LogP contribution in [0.1, 0.15) is 5.56 Å². The van der Waals surface area contributed by atoms with Crippen molar-refractivity contribution in [3.05, 3.63) is 47.9 Å². The van der Waals surface area contributed by atoms with Crippen molar-refractivity contribution >= 4 is 0 Å². The zero-order chi connectivity index (χ0) is 11.0. The first-order valence-electron chi connectivity index (χ1n) is 4.87. The molecule has 2 aromatic rings. The SMILES string of the molecule is Fc1ccc2c(c1)Oc1cccnc1OC2. The fourth-order valence-corrected chi connectivity index (χ4v) is 1.57. The van der Waals surface area contributed by atoms with Crippen LogP contribution in [0.3, 0.4) is 0 Å². The molecule has 0 amide bonds. The van der Waals surface area contributed by atoms with Gasteiger partial charge in [-0.2, -0.15) is 0 Å². The van der Waals surface area contributed by atoms with Crippen molar-refractivity contribution in [1.29, 1.82) is 0 Å². The third kappa shape index (κ3) is 1.48. The van der Waals surface area contributed by atoms with E-state index < -0.39 is 0 Å². The van der Waals surface area contributed by atoms with Gasteiger partial charge in [-0.3, -0.25) is 0 Å². The lowest BCUT2D eigenvalue weighted by Gasteiger charge is -2.05. The maximum absolute atomic E-state index is 13.1. The molecular formula is C12H8FNO2. The second-order valence-corrected chi connectivity index (χ2v) is 3.45. The third-order valence-corrected chi connectivity index (χ3v) is 2.35. The minimum absolute atomic E-state index is 0.328. The summed E-state index contributed by atoms with van der Waals surface area (Å²) in [5.41, 5.74) is 0.805. The van der Waals surface area contributed by atoms with Crippen molar-refractivity contribution < 1.29 is 13.9 Å². The molecule has 1 aliphatic heterocycles. The van der Waals surface area contributed by atoms with E-state index in [1.54, 1.807) is 24.4 Å². The lowest BCUT2D eigenvalue weighted by atomic mass is 10.2. The van der Waals surface area contributed by atoms with Gasteiger partial charge in [0.25, 0.3) is 5.88 Å².